The van der Waals surface area contributed by atoms with E-state index >= 15 is 0 Å². The maximum absolute atomic E-state index is 5.79. The van der Waals surface area contributed by atoms with E-state index in [-0.39, 0.29) is 0 Å². The number of aryl methyl sites for hydroxylation is 1. The molecule has 0 amide bonds. The first-order valence-corrected chi connectivity index (χ1v) is 5.45. The first-order valence-electron chi connectivity index (χ1n) is 4.63. The van der Waals surface area contributed by atoms with Gasteiger partial charge in [0.05, 0.1) is 16.3 Å². The van der Waals surface area contributed by atoms with E-state index in [2.05, 4.69) is 13.0 Å². The minimum Gasteiger partial charge on any atom is -0.492 e. The highest BCUT2D eigenvalue weighted by molar-refractivity contribution is 7.23. The van der Waals surface area contributed by atoms with Crippen molar-refractivity contribution in [2.75, 3.05) is 12.3 Å². The van der Waals surface area contributed by atoms with E-state index in [1.165, 1.54) is 10.9 Å². The van der Waals surface area contributed by atoms with E-state index in [9.17, 15) is 0 Å². The quantitative estimate of drug-likeness (QED) is 0.820. The van der Waals surface area contributed by atoms with Crippen LogP contribution in [-0.4, -0.2) is 6.61 Å². The van der Waals surface area contributed by atoms with Gasteiger partial charge in [0.1, 0.15) is 5.75 Å². The molecule has 2 nitrogen and oxygen atoms in total. The Morgan fingerprint density at radius 1 is 1.43 bits per heavy atom. The van der Waals surface area contributed by atoms with Crippen LogP contribution in [0.2, 0.25) is 0 Å². The Bertz CT molecular complexity index is 462. The molecule has 74 valence electrons. The third-order valence-electron chi connectivity index (χ3n) is 2.18. The van der Waals surface area contributed by atoms with Gasteiger partial charge in [0.25, 0.3) is 0 Å². The van der Waals surface area contributed by atoms with Crippen molar-refractivity contribution in [2.24, 2.45) is 0 Å². The Kier molecular flexibility index (Phi) is 2.33. The van der Waals surface area contributed by atoms with Crippen LogP contribution in [0.25, 0.3) is 10.1 Å². The summed E-state index contributed by atoms with van der Waals surface area (Å²) >= 11 is 1.59. The van der Waals surface area contributed by atoms with Crippen LogP contribution in [0, 0.1) is 6.92 Å². The van der Waals surface area contributed by atoms with Crippen molar-refractivity contribution >= 4 is 26.4 Å². The molecule has 0 aliphatic carbocycles. The summed E-state index contributed by atoms with van der Waals surface area (Å²) in [6.07, 6.45) is 0. The summed E-state index contributed by atoms with van der Waals surface area (Å²) in [7, 11) is 0. The van der Waals surface area contributed by atoms with Crippen molar-refractivity contribution < 1.29 is 4.74 Å². The highest BCUT2D eigenvalue weighted by Gasteiger charge is 2.07. The Morgan fingerprint density at radius 3 is 2.93 bits per heavy atom. The van der Waals surface area contributed by atoms with E-state index < -0.39 is 0 Å². The lowest BCUT2D eigenvalue weighted by molar-refractivity contribution is 0.345. The molecule has 0 bridgehead atoms. The van der Waals surface area contributed by atoms with Crippen LogP contribution >= 0.6 is 11.3 Å². The Balaban J connectivity index is 2.68. The number of hydrogen-bond donors (Lipinski definition) is 1. The van der Waals surface area contributed by atoms with Crippen molar-refractivity contribution in [1.82, 2.24) is 0 Å². The summed E-state index contributed by atoms with van der Waals surface area (Å²) in [6.45, 7) is 4.77. The minimum absolute atomic E-state index is 0.690. The number of thiophene rings is 1. The fourth-order valence-corrected chi connectivity index (χ4v) is 2.49. The number of hydrogen-bond acceptors (Lipinski definition) is 3. The summed E-state index contributed by atoms with van der Waals surface area (Å²) in [6, 6.07) is 6.09. The molecule has 2 N–H and O–H groups in total. The van der Waals surface area contributed by atoms with Crippen LogP contribution in [0.5, 0.6) is 5.75 Å². The van der Waals surface area contributed by atoms with Gasteiger partial charge in [0, 0.05) is 5.39 Å². The molecule has 0 unspecified atom stereocenters. The molecule has 0 fully saturated rings. The van der Waals surface area contributed by atoms with Gasteiger partial charge < -0.3 is 10.5 Å². The van der Waals surface area contributed by atoms with Gasteiger partial charge in [-0.15, -0.1) is 11.3 Å². The molecular formula is C11H13NOS. The number of nitrogens with two attached hydrogens (primary N) is 1. The lowest BCUT2D eigenvalue weighted by atomic mass is 10.1. The van der Waals surface area contributed by atoms with Gasteiger partial charge in [-0.3, -0.25) is 0 Å². The molecule has 0 radical (unpaired) electrons. The molecule has 1 heterocycles. The van der Waals surface area contributed by atoms with Crippen molar-refractivity contribution in [3.8, 4) is 5.75 Å². The average molecular weight is 207 g/mol. The highest BCUT2D eigenvalue weighted by atomic mass is 32.1. The Morgan fingerprint density at radius 2 is 2.21 bits per heavy atom. The molecule has 0 atom stereocenters. The largest absolute Gasteiger partial charge is 0.492 e. The monoisotopic (exact) mass is 207 g/mol. The second-order valence-electron chi connectivity index (χ2n) is 3.21. The zero-order valence-corrected chi connectivity index (χ0v) is 9.15. The van der Waals surface area contributed by atoms with Crippen LogP contribution in [0.15, 0.2) is 18.2 Å². The molecule has 0 spiro atoms. The first kappa shape index (κ1) is 9.34. The summed E-state index contributed by atoms with van der Waals surface area (Å²) in [5.41, 5.74) is 7.03. The molecule has 2 rings (SSSR count). The lowest BCUT2D eigenvalue weighted by Crippen LogP contribution is -1.91. The number of fused-ring (bicyclic) bond motifs is 1. The third kappa shape index (κ3) is 1.44. The van der Waals surface area contributed by atoms with Gasteiger partial charge in [-0.1, -0.05) is 6.07 Å². The number of ether oxygens (including phenoxy) is 1. The van der Waals surface area contributed by atoms with Crippen molar-refractivity contribution in [2.45, 2.75) is 13.8 Å². The normalized spacial score (nSPS) is 10.7. The van der Waals surface area contributed by atoms with Gasteiger partial charge in [-0.25, -0.2) is 0 Å². The number of rotatable bonds is 2. The van der Waals surface area contributed by atoms with Crippen LogP contribution in [0.3, 0.4) is 0 Å². The summed E-state index contributed by atoms with van der Waals surface area (Å²) in [5.74, 6) is 0.940. The van der Waals surface area contributed by atoms with Crippen LogP contribution in [0.4, 0.5) is 5.00 Å². The fourth-order valence-electron chi connectivity index (χ4n) is 1.52. The fraction of sp³-hybridized carbons (Fsp3) is 0.273. The maximum Gasteiger partial charge on any atom is 0.137 e. The second-order valence-corrected chi connectivity index (χ2v) is 4.29. The Labute approximate surface area is 87.3 Å². The summed E-state index contributed by atoms with van der Waals surface area (Å²) in [5, 5.41) is 2.05. The molecular weight excluding hydrogens is 194 g/mol. The molecule has 0 saturated carbocycles. The van der Waals surface area contributed by atoms with E-state index in [1.54, 1.807) is 11.3 Å². The second kappa shape index (κ2) is 3.50. The molecule has 0 aliphatic heterocycles. The molecule has 3 heteroatoms. The van der Waals surface area contributed by atoms with E-state index in [4.69, 9.17) is 10.5 Å². The van der Waals surface area contributed by atoms with Gasteiger partial charge in [0.2, 0.25) is 0 Å². The van der Waals surface area contributed by atoms with Crippen LogP contribution < -0.4 is 10.5 Å². The molecule has 2 aromatic rings. The molecule has 0 saturated heterocycles. The topological polar surface area (TPSA) is 35.2 Å². The van der Waals surface area contributed by atoms with Crippen molar-refractivity contribution in [1.29, 1.82) is 0 Å². The van der Waals surface area contributed by atoms with Crippen LogP contribution in [0.1, 0.15) is 12.5 Å². The highest BCUT2D eigenvalue weighted by Crippen LogP contribution is 2.36. The third-order valence-corrected chi connectivity index (χ3v) is 3.16. The molecule has 0 aliphatic rings. The minimum atomic E-state index is 0.690. The van der Waals surface area contributed by atoms with Crippen molar-refractivity contribution in [3.63, 3.8) is 0 Å². The predicted molar refractivity (Wildman–Crippen MR) is 62.1 cm³/mol. The van der Waals surface area contributed by atoms with Gasteiger partial charge in [0.15, 0.2) is 0 Å². The average Bonchev–Trinajstić information content (AvgIpc) is 2.53. The molecule has 1 aromatic heterocycles. The Hall–Kier alpha value is -1.22. The molecule has 1 aromatic carbocycles. The lowest BCUT2D eigenvalue weighted by Gasteiger charge is -2.05. The van der Waals surface area contributed by atoms with E-state index in [1.807, 2.05) is 19.1 Å². The zero-order valence-electron chi connectivity index (χ0n) is 8.33. The van der Waals surface area contributed by atoms with E-state index in [0.717, 1.165) is 15.5 Å². The summed E-state index contributed by atoms with van der Waals surface area (Å²) in [4.78, 5) is 0. The predicted octanol–water partition coefficient (Wildman–Crippen LogP) is 3.19. The summed E-state index contributed by atoms with van der Waals surface area (Å²) < 4.78 is 6.70. The zero-order chi connectivity index (χ0) is 10.1. The van der Waals surface area contributed by atoms with Crippen molar-refractivity contribution in [3.05, 3.63) is 23.8 Å². The SMILES string of the molecule is CCOc1ccc(C)c2cc(N)sc12. The maximum atomic E-state index is 5.79. The van der Waals surface area contributed by atoms with E-state index in [0.29, 0.717) is 6.61 Å². The van der Waals surface area contributed by atoms with Crippen LogP contribution in [-0.2, 0) is 0 Å². The number of anilines is 1. The first-order chi connectivity index (χ1) is 6.72. The smallest absolute Gasteiger partial charge is 0.137 e. The van der Waals surface area contributed by atoms with Gasteiger partial charge in [-0.05, 0) is 31.5 Å². The number of nitrogen functional groups attached to an aromatic ring is 1. The molecule has 14 heavy (non-hydrogen) atoms. The number of benzene rings is 1. The van der Waals surface area contributed by atoms with Gasteiger partial charge >= 0.3 is 0 Å². The standard InChI is InChI=1S/C11H13NOS/c1-3-13-9-5-4-7(2)8-6-10(12)14-11(8)9/h4-6H,3,12H2,1-2H3. The van der Waals surface area contributed by atoms with Gasteiger partial charge in [-0.2, -0.15) is 0 Å².